The molecule has 1 aromatic rings. The van der Waals surface area contributed by atoms with Gasteiger partial charge in [-0.25, -0.2) is 0 Å². The molecule has 0 aromatic carbocycles. The summed E-state index contributed by atoms with van der Waals surface area (Å²) in [7, 11) is 0. The third kappa shape index (κ3) is 1.53. The molecule has 1 aliphatic heterocycles. The highest BCUT2D eigenvalue weighted by molar-refractivity contribution is 5.28. The van der Waals surface area contributed by atoms with Crippen molar-refractivity contribution in [2.24, 2.45) is 23.7 Å². The smallest absolute Gasteiger partial charge is 0.0641 e. The van der Waals surface area contributed by atoms with Crippen molar-refractivity contribution < 1.29 is 0 Å². The lowest BCUT2D eigenvalue weighted by molar-refractivity contribution is -0.0348. The van der Waals surface area contributed by atoms with Crippen LogP contribution in [0.3, 0.4) is 0 Å². The van der Waals surface area contributed by atoms with E-state index in [4.69, 9.17) is 5.10 Å². The molecular weight excluding hydrogens is 246 g/mol. The fraction of sp³-hybridized carbons (Fsp3) is 0.824. The number of nitrogens with one attached hydrogen (secondary N) is 1. The van der Waals surface area contributed by atoms with E-state index in [1.54, 1.807) is 12.1 Å². The van der Waals surface area contributed by atoms with Gasteiger partial charge in [-0.05, 0) is 62.7 Å². The minimum absolute atomic E-state index is 0.739. The highest BCUT2D eigenvalue weighted by atomic mass is 15.3. The number of hydrogen-bond donors (Lipinski definition) is 1. The van der Waals surface area contributed by atoms with Crippen molar-refractivity contribution in [2.75, 3.05) is 6.54 Å². The lowest BCUT2D eigenvalue weighted by Gasteiger charge is -2.54. The topological polar surface area (TPSA) is 29.9 Å². The highest BCUT2D eigenvalue weighted by Gasteiger charge is 2.49. The maximum absolute atomic E-state index is 5.01. The van der Waals surface area contributed by atoms with E-state index < -0.39 is 0 Å². The molecule has 108 valence electrons. The first-order valence-corrected chi connectivity index (χ1v) is 8.57. The van der Waals surface area contributed by atoms with Crippen LogP contribution < -0.4 is 5.32 Å². The van der Waals surface area contributed by atoms with E-state index in [-0.39, 0.29) is 0 Å². The molecule has 20 heavy (non-hydrogen) atoms. The molecule has 0 spiro atoms. The van der Waals surface area contributed by atoms with Crippen LogP contribution in [0.1, 0.15) is 55.1 Å². The minimum atomic E-state index is 0.739. The van der Waals surface area contributed by atoms with Crippen LogP contribution >= 0.6 is 0 Å². The Balaban J connectivity index is 1.57. The first-order chi connectivity index (χ1) is 9.79. The van der Waals surface area contributed by atoms with E-state index in [0.29, 0.717) is 0 Å². The molecular formula is C17H25N3. The Labute approximate surface area is 121 Å². The number of nitrogens with zero attached hydrogens (tertiary/aromatic N) is 2. The second kappa shape index (κ2) is 4.09. The summed E-state index contributed by atoms with van der Waals surface area (Å²) >= 11 is 0. The average molecular weight is 271 g/mol. The van der Waals surface area contributed by atoms with Crippen LogP contribution in [0, 0.1) is 30.6 Å². The lowest BCUT2D eigenvalue weighted by Crippen LogP contribution is -2.46. The highest BCUT2D eigenvalue weighted by Crippen LogP contribution is 2.58. The Hall–Kier alpha value is -0.830. The molecule has 6 rings (SSSR count). The molecule has 3 heteroatoms. The predicted octanol–water partition coefficient (Wildman–Crippen LogP) is 2.83. The van der Waals surface area contributed by atoms with E-state index in [1.807, 2.05) is 0 Å². The second-order valence-corrected chi connectivity index (χ2v) is 7.80. The van der Waals surface area contributed by atoms with Crippen molar-refractivity contribution >= 4 is 0 Å². The van der Waals surface area contributed by atoms with Crippen molar-refractivity contribution in [1.29, 1.82) is 0 Å². The maximum atomic E-state index is 5.01. The van der Waals surface area contributed by atoms with Gasteiger partial charge in [0.25, 0.3) is 0 Å². The Morgan fingerprint density at radius 3 is 2.45 bits per heavy atom. The number of aryl methyl sites for hydroxylation is 1. The standard InChI is InChI=1S/C17H25N3/c1-10-15-9-18-3-2-16(15)20(19-10)17-13-5-11-4-12(7-13)8-14(17)6-11/h11-14,17-18H,2-9H2,1H3. The number of fused-ring (bicyclic) bond motifs is 1. The van der Waals surface area contributed by atoms with Crippen molar-refractivity contribution in [1.82, 2.24) is 15.1 Å². The van der Waals surface area contributed by atoms with Gasteiger partial charge in [0.2, 0.25) is 0 Å². The van der Waals surface area contributed by atoms with E-state index in [1.165, 1.54) is 43.4 Å². The molecule has 0 radical (unpaired) electrons. The first kappa shape index (κ1) is 11.8. The summed E-state index contributed by atoms with van der Waals surface area (Å²) in [4.78, 5) is 0. The fourth-order valence-corrected chi connectivity index (χ4v) is 6.09. The summed E-state index contributed by atoms with van der Waals surface area (Å²) in [6, 6.07) is 0.739. The third-order valence-electron chi connectivity index (χ3n) is 6.62. The molecule has 0 amide bonds. The number of aromatic nitrogens is 2. The van der Waals surface area contributed by atoms with Crippen LogP contribution in [0.15, 0.2) is 0 Å². The summed E-state index contributed by atoms with van der Waals surface area (Å²) < 4.78 is 2.51. The van der Waals surface area contributed by atoms with Crippen molar-refractivity contribution in [3.8, 4) is 0 Å². The fourth-order valence-electron chi connectivity index (χ4n) is 6.09. The van der Waals surface area contributed by atoms with E-state index in [9.17, 15) is 0 Å². The van der Waals surface area contributed by atoms with Gasteiger partial charge in [-0.1, -0.05) is 0 Å². The van der Waals surface area contributed by atoms with Crippen molar-refractivity contribution in [3.63, 3.8) is 0 Å². The quantitative estimate of drug-likeness (QED) is 0.851. The Morgan fingerprint density at radius 2 is 1.75 bits per heavy atom. The summed E-state index contributed by atoms with van der Waals surface area (Å²) in [5.41, 5.74) is 4.35. The van der Waals surface area contributed by atoms with Gasteiger partial charge in [0.05, 0.1) is 11.7 Å². The Kier molecular flexibility index (Phi) is 2.41. The van der Waals surface area contributed by atoms with Crippen LogP contribution in [0.25, 0.3) is 0 Å². The second-order valence-electron chi connectivity index (χ2n) is 7.80. The van der Waals surface area contributed by atoms with Gasteiger partial charge in [-0.3, -0.25) is 4.68 Å². The Bertz CT molecular complexity index is 517. The SMILES string of the molecule is Cc1nn(C2C3CC4CC(C3)CC2C4)c2c1CNCC2. The van der Waals surface area contributed by atoms with Crippen LogP contribution in [0.2, 0.25) is 0 Å². The molecule has 0 saturated heterocycles. The molecule has 4 bridgehead atoms. The molecule has 0 unspecified atom stereocenters. The summed E-state index contributed by atoms with van der Waals surface area (Å²) in [5.74, 6) is 3.99. The van der Waals surface area contributed by atoms with Crippen LogP contribution in [0.4, 0.5) is 0 Å². The van der Waals surface area contributed by atoms with Gasteiger partial charge < -0.3 is 5.32 Å². The molecule has 1 aromatic heterocycles. The van der Waals surface area contributed by atoms with Crippen molar-refractivity contribution in [2.45, 2.75) is 58.0 Å². The zero-order valence-corrected chi connectivity index (χ0v) is 12.4. The summed E-state index contributed by atoms with van der Waals surface area (Å²) in [5, 5.41) is 8.52. The molecule has 0 atom stereocenters. The largest absolute Gasteiger partial charge is 0.312 e. The van der Waals surface area contributed by atoms with Gasteiger partial charge >= 0.3 is 0 Å². The monoisotopic (exact) mass is 271 g/mol. The molecule has 4 saturated carbocycles. The van der Waals surface area contributed by atoms with Gasteiger partial charge in [-0.2, -0.15) is 5.10 Å². The summed E-state index contributed by atoms with van der Waals surface area (Å²) in [6.45, 7) is 4.37. The van der Waals surface area contributed by atoms with Gasteiger partial charge in [0, 0.05) is 30.8 Å². The molecule has 4 fully saturated rings. The first-order valence-electron chi connectivity index (χ1n) is 8.57. The van der Waals surface area contributed by atoms with Crippen molar-refractivity contribution in [3.05, 3.63) is 17.0 Å². The maximum Gasteiger partial charge on any atom is 0.0641 e. The molecule has 4 aliphatic carbocycles. The van der Waals surface area contributed by atoms with Crippen LogP contribution in [0.5, 0.6) is 0 Å². The predicted molar refractivity (Wildman–Crippen MR) is 78.5 cm³/mol. The zero-order valence-electron chi connectivity index (χ0n) is 12.4. The van der Waals surface area contributed by atoms with Gasteiger partial charge in [0.15, 0.2) is 0 Å². The van der Waals surface area contributed by atoms with E-state index in [2.05, 4.69) is 16.9 Å². The number of hydrogen-bond acceptors (Lipinski definition) is 2. The number of rotatable bonds is 1. The van der Waals surface area contributed by atoms with E-state index in [0.717, 1.165) is 42.8 Å². The zero-order chi connectivity index (χ0) is 13.3. The minimum Gasteiger partial charge on any atom is -0.312 e. The normalized spacial score (nSPS) is 42.0. The van der Waals surface area contributed by atoms with Gasteiger partial charge in [-0.15, -0.1) is 0 Å². The molecule has 1 N–H and O–H groups in total. The molecule has 5 aliphatic rings. The molecule has 3 nitrogen and oxygen atoms in total. The van der Waals surface area contributed by atoms with Gasteiger partial charge in [0.1, 0.15) is 0 Å². The summed E-state index contributed by atoms with van der Waals surface area (Å²) in [6.07, 6.45) is 8.68. The lowest BCUT2D eigenvalue weighted by atomic mass is 9.54. The van der Waals surface area contributed by atoms with Crippen LogP contribution in [-0.2, 0) is 13.0 Å². The van der Waals surface area contributed by atoms with Crippen LogP contribution in [-0.4, -0.2) is 16.3 Å². The Morgan fingerprint density at radius 1 is 1.05 bits per heavy atom. The molecule has 2 heterocycles. The van der Waals surface area contributed by atoms with E-state index >= 15 is 0 Å². The third-order valence-corrected chi connectivity index (χ3v) is 6.62. The average Bonchev–Trinajstić information content (AvgIpc) is 2.76.